The summed E-state index contributed by atoms with van der Waals surface area (Å²) in [5.41, 5.74) is 2.40. The number of ether oxygens (including phenoxy) is 1. The van der Waals surface area contributed by atoms with Crippen LogP contribution >= 0.6 is 0 Å². The first kappa shape index (κ1) is 15.0. The highest BCUT2D eigenvalue weighted by Gasteiger charge is 2.18. The predicted octanol–water partition coefficient (Wildman–Crippen LogP) is 2.51. The molecule has 1 aromatic heterocycles. The van der Waals surface area contributed by atoms with Crippen molar-refractivity contribution in [3.63, 3.8) is 0 Å². The molecule has 1 N–H and O–H groups in total. The zero-order valence-electron chi connectivity index (χ0n) is 12.5. The van der Waals surface area contributed by atoms with E-state index in [1.54, 1.807) is 25.1 Å². The normalized spacial score (nSPS) is 13.2. The van der Waals surface area contributed by atoms with Gasteiger partial charge in [-0.25, -0.2) is 4.79 Å². The van der Waals surface area contributed by atoms with Gasteiger partial charge in [0.15, 0.2) is 12.4 Å². The molecular weight excluding hydrogens is 298 g/mol. The van der Waals surface area contributed by atoms with Crippen molar-refractivity contribution in [1.29, 1.82) is 0 Å². The number of fused-ring (bicyclic) bond motifs is 1. The Morgan fingerprint density at radius 2 is 2.09 bits per heavy atom. The molecule has 0 bridgehead atoms. The number of ketones is 1. The average Bonchev–Trinajstić information content (AvgIpc) is 2.98. The molecule has 1 amide bonds. The zero-order chi connectivity index (χ0) is 16.4. The second-order valence-electron chi connectivity index (χ2n) is 5.31. The standard InChI is InChI=1S/C17H15NO5/c1-10-13(6-7-22-10)17(21)23-9-15(19)12-2-4-14-11(8-12)3-5-16(20)18-14/h2,4,6-8H,3,5,9H2,1H3,(H,18,20). The number of esters is 1. The van der Waals surface area contributed by atoms with E-state index >= 15 is 0 Å². The Morgan fingerprint density at radius 1 is 1.26 bits per heavy atom. The summed E-state index contributed by atoms with van der Waals surface area (Å²) < 4.78 is 10.1. The fourth-order valence-corrected chi connectivity index (χ4v) is 2.45. The number of rotatable bonds is 4. The van der Waals surface area contributed by atoms with Crippen LogP contribution in [0.25, 0.3) is 0 Å². The van der Waals surface area contributed by atoms with Gasteiger partial charge in [-0.2, -0.15) is 0 Å². The fraction of sp³-hybridized carbons (Fsp3) is 0.235. The molecule has 2 aromatic rings. The topological polar surface area (TPSA) is 85.6 Å². The number of Topliss-reactive ketones (excluding diaryl/α,β-unsaturated/α-hetero) is 1. The molecule has 0 fully saturated rings. The predicted molar refractivity (Wildman–Crippen MR) is 81.5 cm³/mol. The van der Waals surface area contributed by atoms with Crippen LogP contribution in [0.4, 0.5) is 5.69 Å². The number of nitrogens with one attached hydrogen (secondary N) is 1. The number of benzene rings is 1. The maximum Gasteiger partial charge on any atom is 0.342 e. The summed E-state index contributed by atoms with van der Waals surface area (Å²) >= 11 is 0. The summed E-state index contributed by atoms with van der Waals surface area (Å²) in [6.45, 7) is 1.31. The molecule has 0 radical (unpaired) electrons. The maximum absolute atomic E-state index is 12.2. The van der Waals surface area contributed by atoms with Crippen LogP contribution in [0.15, 0.2) is 34.9 Å². The molecule has 23 heavy (non-hydrogen) atoms. The Kier molecular flexibility index (Phi) is 3.97. The first-order chi connectivity index (χ1) is 11.0. The second-order valence-corrected chi connectivity index (χ2v) is 5.31. The van der Waals surface area contributed by atoms with Crippen LogP contribution < -0.4 is 5.32 Å². The van der Waals surface area contributed by atoms with E-state index in [0.717, 1.165) is 11.3 Å². The molecule has 1 aromatic carbocycles. The third-order valence-corrected chi connectivity index (χ3v) is 3.74. The zero-order valence-corrected chi connectivity index (χ0v) is 12.5. The van der Waals surface area contributed by atoms with Gasteiger partial charge in [-0.15, -0.1) is 0 Å². The number of aryl methyl sites for hydroxylation is 2. The number of furan rings is 1. The Morgan fingerprint density at radius 3 is 2.83 bits per heavy atom. The molecule has 0 unspecified atom stereocenters. The summed E-state index contributed by atoms with van der Waals surface area (Å²) in [6, 6.07) is 6.54. The van der Waals surface area contributed by atoms with E-state index in [1.165, 1.54) is 12.3 Å². The van der Waals surface area contributed by atoms with Gasteiger partial charge in [-0.3, -0.25) is 9.59 Å². The van der Waals surface area contributed by atoms with Crippen LogP contribution in [0.2, 0.25) is 0 Å². The Balaban J connectivity index is 1.66. The van der Waals surface area contributed by atoms with Crippen molar-refractivity contribution in [3.8, 4) is 0 Å². The molecule has 0 atom stereocenters. The quantitative estimate of drug-likeness (QED) is 0.692. The molecule has 6 heteroatoms. The van der Waals surface area contributed by atoms with Crippen molar-refractivity contribution in [3.05, 3.63) is 53.0 Å². The van der Waals surface area contributed by atoms with E-state index in [4.69, 9.17) is 9.15 Å². The molecule has 118 valence electrons. The van der Waals surface area contributed by atoms with Gasteiger partial charge in [0.1, 0.15) is 11.3 Å². The summed E-state index contributed by atoms with van der Waals surface area (Å²) in [6.07, 6.45) is 2.39. The van der Waals surface area contributed by atoms with Crippen molar-refractivity contribution < 1.29 is 23.5 Å². The lowest BCUT2D eigenvalue weighted by molar-refractivity contribution is -0.116. The number of amides is 1. The summed E-state index contributed by atoms with van der Waals surface area (Å²) in [4.78, 5) is 35.3. The van der Waals surface area contributed by atoms with Crippen LogP contribution in [-0.2, 0) is 16.0 Å². The van der Waals surface area contributed by atoms with E-state index in [-0.39, 0.29) is 18.3 Å². The Labute approximate surface area is 132 Å². The van der Waals surface area contributed by atoms with Crippen LogP contribution in [0, 0.1) is 6.92 Å². The molecule has 0 spiro atoms. The molecule has 2 heterocycles. The van der Waals surface area contributed by atoms with Gasteiger partial charge in [0, 0.05) is 17.7 Å². The minimum Gasteiger partial charge on any atom is -0.469 e. The monoisotopic (exact) mass is 313 g/mol. The summed E-state index contributed by atoms with van der Waals surface area (Å²) in [5, 5.41) is 2.75. The minimum absolute atomic E-state index is 0.0269. The van der Waals surface area contributed by atoms with Crippen LogP contribution in [0.1, 0.15) is 38.5 Å². The molecule has 0 saturated carbocycles. The lowest BCUT2D eigenvalue weighted by atomic mass is 9.99. The van der Waals surface area contributed by atoms with Gasteiger partial charge < -0.3 is 14.5 Å². The molecule has 6 nitrogen and oxygen atoms in total. The van der Waals surface area contributed by atoms with Crippen molar-refractivity contribution in [1.82, 2.24) is 0 Å². The van der Waals surface area contributed by atoms with E-state index in [0.29, 0.717) is 29.7 Å². The molecule has 0 aliphatic carbocycles. The van der Waals surface area contributed by atoms with Crippen LogP contribution in [0.5, 0.6) is 0 Å². The number of carbonyl (C=O) groups is 3. The highest BCUT2D eigenvalue weighted by Crippen LogP contribution is 2.23. The third kappa shape index (κ3) is 3.15. The third-order valence-electron chi connectivity index (χ3n) is 3.74. The van der Waals surface area contributed by atoms with Gasteiger partial charge in [0.2, 0.25) is 5.91 Å². The van der Waals surface area contributed by atoms with E-state index in [1.807, 2.05) is 0 Å². The SMILES string of the molecule is Cc1occc1C(=O)OCC(=O)c1ccc2c(c1)CCC(=O)N2. The lowest BCUT2D eigenvalue weighted by Crippen LogP contribution is -2.20. The van der Waals surface area contributed by atoms with E-state index in [9.17, 15) is 14.4 Å². The van der Waals surface area contributed by atoms with Gasteiger partial charge in [0.05, 0.1) is 6.26 Å². The molecule has 1 aliphatic heterocycles. The van der Waals surface area contributed by atoms with Crippen molar-refractivity contribution in [2.75, 3.05) is 11.9 Å². The van der Waals surface area contributed by atoms with E-state index in [2.05, 4.69) is 5.32 Å². The maximum atomic E-state index is 12.2. The van der Waals surface area contributed by atoms with Gasteiger partial charge in [0.25, 0.3) is 0 Å². The molecule has 1 aliphatic rings. The smallest absolute Gasteiger partial charge is 0.342 e. The summed E-state index contributed by atoms with van der Waals surface area (Å²) in [5.74, 6) is -0.456. The second kappa shape index (κ2) is 6.08. The van der Waals surface area contributed by atoms with E-state index < -0.39 is 5.97 Å². The molecule has 3 rings (SSSR count). The van der Waals surface area contributed by atoms with Crippen molar-refractivity contribution in [2.45, 2.75) is 19.8 Å². The lowest BCUT2D eigenvalue weighted by Gasteiger charge is -2.17. The largest absolute Gasteiger partial charge is 0.469 e. The molecular formula is C17H15NO5. The number of carbonyl (C=O) groups excluding carboxylic acids is 3. The Bertz CT molecular complexity index is 790. The van der Waals surface area contributed by atoms with Crippen molar-refractivity contribution in [2.24, 2.45) is 0 Å². The highest BCUT2D eigenvalue weighted by molar-refractivity contribution is 6.01. The van der Waals surface area contributed by atoms with Crippen LogP contribution in [-0.4, -0.2) is 24.3 Å². The minimum atomic E-state index is -0.588. The number of hydrogen-bond donors (Lipinski definition) is 1. The van der Waals surface area contributed by atoms with Crippen molar-refractivity contribution >= 4 is 23.3 Å². The molecule has 0 saturated heterocycles. The van der Waals surface area contributed by atoms with Gasteiger partial charge in [-0.1, -0.05) is 0 Å². The number of anilines is 1. The number of hydrogen-bond acceptors (Lipinski definition) is 5. The van der Waals surface area contributed by atoms with Gasteiger partial charge in [-0.05, 0) is 43.2 Å². The highest BCUT2D eigenvalue weighted by atomic mass is 16.5. The summed E-state index contributed by atoms with van der Waals surface area (Å²) in [7, 11) is 0. The fourth-order valence-electron chi connectivity index (χ4n) is 2.45. The van der Waals surface area contributed by atoms with Gasteiger partial charge >= 0.3 is 5.97 Å². The first-order valence-electron chi connectivity index (χ1n) is 7.22. The van der Waals surface area contributed by atoms with Crippen LogP contribution in [0.3, 0.4) is 0 Å². The average molecular weight is 313 g/mol. The first-order valence-corrected chi connectivity index (χ1v) is 7.22. The Hall–Kier alpha value is -2.89.